The molecule has 0 aliphatic rings. The largest absolute Gasteiger partial charge is 0.493 e. The summed E-state index contributed by atoms with van der Waals surface area (Å²) in [4.78, 5) is 21.8. The van der Waals surface area contributed by atoms with Gasteiger partial charge in [0.2, 0.25) is 5.91 Å². The molecular formula is C12H15NO4. The Morgan fingerprint density at radius 3 is 2.41 bits per heavy atom. The lowest BCUT2D eigenvalue weighted by Crippen LogP contribution is -2.14. The molecule has 1 aromatic carbocycles. The second-order valence-electron chi connectivity index (χ2n) is 3.31. The lowest BCUT2D eigenvalue weighted by Gasteiger charge is -2.05. The maximum Gasteiger partial charge on any atom is 0.338 e. The fourth-order valence-electron chi connectivity index (χ4n) is 1.17. The number of ether oxygens (including phenoxy) is 2. The minimum atomic E-state index is -0.409. The summed E-state index contributed by atoms with van der Waals surface area (Å²) in [5.41, 5.74) is 5.44. The Balaban J connectivity index is 2.50. The lowest BCUT2D eigenvalue weighted by atomic mass is 10.2. The van der Waals surface area contributed by atoms with Crippen LogP contribution in [0.2, 0.25) is 0 Å². The van der Waals surface area contributed by atoms with Crippen molar-refractivity contribution in [1.82, 2.24) is 0 Å². The van der Waals surface area contributed by atoms with E-state index in [1.54, 1.807) is 31.2 Å². The van der Waals surface area contributed by atoms with Crippen LogP contribution >= 0.6 is 0 Å². The number of nitrogens with two attached hydrogens (primary N) is 1. The normalized spacial score (nSPS) is 9.71. The molecule has 0 aromatic heterocycles. The zero-order chi connectivity index (χ0) is 12.7. The number of primary amides is 1. The van der Waals surface area contributed by atoms with E-state index in [0.717, 1.165) is 0 Å². The van der Waals surface area contributed by atoms with Crippen LogP contribution in [-0.2, 0) is 9.53 Å². The predicted octanol–water partition coefficient (Wildman–Crippen LogP) is 1.12. The van der Waals surface area contributed by atoms with E-state index in [0.29, 0.717) is 17.9 Å². The summed E-state index contributed by atoms with van der Waals surface area (Å²) < 4.78 is 10.1. The molecule has 0 heterocycles. The van der Waals surface area contributed by atoms with Gasteiger partial charge in [-0.3, -0.25) is 4.79 Å². The third-order valence-corrected chi connectivity index (χ3v) is 1.98. The molecule has 5 nitrogen and oxygen atoms in total. The molecule has 0 aliphatic heterocycles. The molecule has 0 aliphatic carbocycles. The van der Waals surface area contributed by atoms with Gasteiger partial charge in [0.25, 0.3) is 0 Å². The Morgan fingerprint density at radius 2 is 1.88 bits per heavy atom. The van der Waals surface area contributed by atoms with Gasteiger partial charge in [0, 0.05) is 0 Å². The summed E-state index contributed by atoms with van der Waals surface area (Å²) in [7, 11) is 0. The Hall–Kier alpha value is -2.04. The van der Waals surface area contributed by atoms with E-state index in [4.69, 9.17) is 15.2 Å². The van der Waals surface area contributed by atoms with Crippen molar-refractivity contribution in [3.05, 3.63) is 29.8 Å². The molecule has 2 N–H and O–H groups in total. The number of rotatable bonds is 6. The fourth-order valence-corrected chi connectivity index (χ4v) is 1.17. The number of carbonyl (C=O) groups is 2. The van der Waals surface area contributed by atoms with Crippen molar-refractivity contribution in [2.24, 2.45) is 5.73 Å². The minimum Gasteiger partial charge on any atom is -0.493 e. The van der Waals surface area contributed by atoms with Crippen LogP contribution in [0.15, 0.2) is 24.3 Å². The summed E-state index contributed by atoms with van der Waals surface area (Å²) in [5.74, 6) is -0.191. The molecule has 0 saturated heterocycles. The molecule has 0 bridgehead atoms. The van der Waals surface area contributed by atoms with Gasteiger partial charge >= 0.3 is 5.97 Å². The number of hydrogen-bond donors (Lipinski definition) is 1. The molecule has 0 spiro atoms. The van der Waals surface area contributed by atoms with Crippen molar-refractivity contribution in [3.8, 4) is 5.75 Å². The van der Waals surface area contributed by atoms with Gasteiger partial charge in [-0.05, 0) is 31.2 Å². The van der Waals surface area contributed by atoms with Crippen molar-refractivity contribution in [3.63, 3.8) is 0 Å². The predicted molar refractivity (Wildman–Crippen MR) is 61.7 cm³/mol. The van der Waals surface area contributed by atoms with E-state index in [2.05, 4.69) is 0 Å². The van der Waals surface area contributed by atoms with Crippen LogP contribution in [0.1, 0.15) is 23.7 Å². The van der Waals surface area contributed by atoms with Gasteiger partial charge in [0.1, 0.15) is 5.75 Å². The first kappa shape index (κ1) is 13.0. The molecular weight excluding hydrogens is 222 g/mol. The first-order valence-electron chi connectivity index (χ1n) is 5.31. The number of carbonyl (C=O) groups excluding carboxylic acids is 2. The fraction of sp³-hybridized carbons (Fsp3) is 0.333. The molecule has 17 heavy (non-hydrogen) atoms. The van der Waals surface area contributed by atoms with Gasteiger partial charge in [-0.15, -0.1) is 0 Å². The summed E-state index contributed by atoms with van der Waals surface area (Å²) in [6.45, 7) is 2.32. The molecule has 0 radical (unpaired) electrons. The van der Waals surface area contributed by atoms with Crippen LogP contribution < -0.4 is 10.5 Å². The highest BCUT2D eigenvalue weighted by Gasteiger charge is 2.05. The highest BCUT2D eigenvalue weighted by atomic mass is 16.5. The number of benzene rings is 1. The van der Waals surface area contributed by atoms with Crippen LogP contribution in [0.25, 0.3) is 0 Å². The zero-order valence-electron chi connectivity index (χ0n) is 9.64. The van der Waals surface area contributed by atoms with Crippen LogP contribution in [0.4, 0.5) is 0 Å². The van der Waals surface area contributed by atoms with E-state index < -0.39 is 5.91 Å². The molecule has 0 unspecified atom stereocenters. The first-order chi connectivity index (χ1) is 8.13. The van der Waals surface area contributed by atoms with Crippen molar-refractivity contribution in [2.45, 2.75) is 13.3 Å². The summed E-state index contributed by atoms with van der Waals surface area (Å²) >= 11 is 0. The molecule has 1 aromatic rings. The van der Waals surface area contributed by atoms with Crippen LogP contribution in [0.5, 0.6) is 5.75 Å². The molecule has 0 atom stereocenters. The smallest absolute Gasteiger partial charge is 0.338 e. The molecule has 0 fully saturated rings. The monoisotopic (exact) mass is 237 g/mol. The van der Waals surface area contributed by atoms with Crippen molar-refractivity contribution >= 4 is 11.9 Å². The number of esters is 1. The Morgan fingerprint density at radius 1 is 1.24 bits per heavy atom. The number of amides is 1. The van der Waals surface area contributed by atoms with E-state index in [9.17, 15) is 9.59 Å². The van der Waals surface area contributed by atoms with Crippen LogP contribution in [-0.4, -0.2) is 25.1 Å². The van der Waals surface area contributed by atoms with Crippen LogP contribution in [0, 0.1) is 0 Å². The Kier molecular flexibility index (Phi) is 5.00. The van der Waals surface area contributed by atoms with Gasteiger partial charge in [0.05, 0.1) is 25.2 Å². The van der Waals surface area contributed by atoms with Gasteiger partial charge in [0.15, 0.2) is 0 Å². The molecule has 92 valence electrons. The summed E-state index contributed by atoms with van der Waals surface area (Å²) in [5, 5.41) is 0. The molecule has 5 heteroatoms. The lowest BCUT2D eigenvalue weighted by molar-refractivity contribution is -0.118. The quantitative estimate of drug-likeness (QED) is 0.752. The van der Waals surface area contributed by atoms with Gasteiger partial charge in [-0.1, -0.05) is 0 Å². The standard InChI is InChI=1S/C12H15NO4/c1-2-16-12(15)9-3-5-10(6-4-9)17-8-7-11(13)14/h3-6H,2,7-8H2,1H3,(H2,13,14). The summed E-state index contributed by atoms with van der Waals surface area (Å²) in [6, 6.07) is 6.51. The average molecular weight is 237 g/mol. The third-order valence-electron chi connectivity index (χ3n) is 1.98. The molecule has 1 rings (SSSR count). The second kappa shape index (κ2) is 6.52. The van der Waals surface area contributed by atoms with Gasteiger partial charge < -0.3 is 15.2 Å². The SMILES string of the molecule is CCOC(=O)c1ccc(OCCC(N)=O)cc1. The number of hydrogen-bond acceptors (Lipinski definition) is 4. The molecule has 1 amide bonds. The Labute approximate surface area is 99.5 Å². The van der Waals surface area contributed by atoms with E-state index in [-0.39, 0.29) is 19.0 Å². The zero-order valence-corrected chi connectivity index (χ0v) is 9.64. The van der Waals surface area contributed by atoms with E-state index in [1.165, 1.54) is 0 Å². The van der Waals surface area contributed by atoms with Crippen molar-refractivity contribution in [2.75, 3.05) is 13.2 Å². The third kappa shape index (κ3) is 4.55. The van der Waals surface area contributed by atoms with Gasteiger partial charge in [-0.25, -0.2) is 4.79 Å². The highest BCUT2D eigenvalue weighted by Crippen LogP contribution is 2.13. The van der Waals surface area contributed by atoms with E-state index in [1.807, 2.05) is 0 Å². The van der Waals surface area contributed by atoms with Crippen molar-refractivity contribution < 1.29 is 19.1 Å². The average Bonchev–Trinajstić information content (AvgIpc) is 2.30. The van der Waals surface area contributed by atoms with Gasteiger partial charge in [-0.2, -0.15) is 0 Å². The van der Waals surface area contributed by atoms with Crippen molar-refractivity contribution in [1.29, 1.82) is 0 Å². The Bertz CT molecular complexity index is 386. The maximum absolute atomic E-state index is 11.3. The topological polar surface area (TPSA) is 78.6 Å². The molecule has 0 saturated carbocycles. The maximum atomic E-state index is 11.3. The minimum absolute atomic E-state index is 0.166. The first-order valence-corrected chi connectivity index (χ1v) is 5.31. The van der Waals surface area contributed by atoms with Crippen LogP contribution in [0.3, 0.4) is 0 Å². The van der Waals surface area contributed by atoms with E-state index >= 15 is 0 Å². The second-order valence-corrected chi connectivity index (χ2v) is 3.31. The summed E-state index contributed by atoms with van der Waals surface area (Å²) in [6.07, 6.45) is 0.166. The highest BCUT2D eigenvalue weighted by molar-refractivity contribution is 5.89.